The molecular formula is C23H26ClNO5. The van der Waals surface area contributed by atoms with Crippen molar-refractivity contribution < 1.29 is 23.8 Å². The smallest absolute Gasteiger partial charge is 0.303 e. The van der Waals surface area contributed by atoms with Gasteiger partial charge in [0.15, 0.2) is 17.1 Å². The van der Waals surface area contributed by atoms with E-state index in [1.165, 1.54) is 6.92 Å². The van der Waals surface area contributed by atoms with E-state index >= 15 is 0 Å². The molecule has 1 aliphatic heterocycles. The number of amides is 1. The number of fused-ring (bicyclic) bond motifs is 1. The summed E-state index contributed by atoms with van der Waals surface area (Å²) in [6.07, 6.45) is 0.634. The van der Waals surface area contributed by atoms with Gasteiger partial charge in [-0.25, -0.2) is 0 Å². The number of halogens is 1. The molecule has 1 aliphatic rings. The van der Waals surface area contributed by atoms with Crippen LogP contribution in [0.4, 0.5) is 0 Å². The van der Waals surface area contributed by atoms with Crippen molar-refractivity contribution in [1.29, 1.82) is 0 Å². The molecule has 160 valence electrons. The summed E-state index contributed by atoms with van der Waals surface area (Å²) in [5.41, 5.74) is 1.55. The Labute approximate surface area is 181 Å². The third-order valence-corrected chi connectivity index (χ3v) is 5.45. The van der Waals surface area contributed by atoms with Gasteiger partial charge in [-0.15, -0.1) is 0 Å². The van der Waals surface area contributed by atoms with Crippen molar-refractivity contribution in [3.05, 3.63) is 58.1 Å². The fourth-order valence-electron chi connectivity index (χ4n) is 3.95. The Bertz CT molecular complexity index is 972. The van der Waals surface area contributed by atoms with Crippen LogP contribution in [0.2, 0.25) is 5.02 Å². The Morgan fingerprint density at radius 1 is 1.10 bits per heavy atom. The number of esters is 1. The molecule has 1 heterocycles. The minimum atomic E-state index is -1.29. The summed E-state index contributed by atoms with van der Waals surface area (Å²) in [6, 6.07) is 10.9. The lowest BCUT2D eigenvalue weighted by Crippen LogP contribution is -2.51. The number of ether oxygens (including phenoxy) is 3. The fraction of sp³-hybridized carbons (Fsp3) is 0.391. The summed E-state index contributed by atoms with van der Waals surface area (Å²) in [6.45, 7) is 4.97. The fourth-order valence-corrected chi connectivity index (χ4v) is 4.15. The first-order valence-electron chi connectivity index (χ1n) is 9.69. The monoisotopic (exact) mass is 431 g/mol. The molecule has 1 atom stereocenters. The maximum Gasteiger partial charge on any atom is 0.303 e. The minimum absolute atomic E-state index is 0.275. The average Bonchev–Trinajstić information content (AvgIpc) is 2.70. The summed E-state index contributed by atoms with van der Waals surface area (Å²) in [4.78, 5) is 26.8. The zero-order chi connectivity index (χ0) is 22.1. The Morgan fingerprint density at radius 2 is 1.77 bits per heavy atom. The highest BCUT2D eigenvalue weighted by molar-refractivity contribution is 6.30. The van der Waals surface area contributed by atoms with Gasteiger partial charge in [0.2, 0.25) is 0 Å². The third kappa shape index (κ3) is 4.24. The van der Waals surface area contributed by atoms with E-state index in [9.17, 15) is 9.59 Å². The second kappa shape index (κ2) is 8.56. The van der Waals surface area contributed by atoms with Gasteiger partial charge in [0.25, 0.3) is 5.91 Å². The lowest BCUT2D eigenvalue weighted by Gasteiger charge is -2.41. The Kier molecular flexibility index (Phi) is 6.27. The molecule has 0 aliphatic carbocycles. The van der Waals surface area contributed by atoms with Crippen molar-refractivity contribution in [2.45, 2.75) is 38.8 Å². The molecule has 2 aromatic rings. The average molecular weight is 432 g/mol. The SMILES string of the molecule is COc1cc2c(cc1OC)[C@@H](c1cccc(Cl)c1)N(C(=O)C(C)(C)OC(C)=O)CC2. The topological polar surface area (TPSA) is 65.1 Å². The second-order valence-electron chi connectivity index (χ2n) is 7.72. The molecule has 30 heavy (non-hydrogen) atoms. The van der Waals surface area contributed by atoms with Gasteiger partial charge >= 0.3 is 5.97 Å². The minimum Gasteiger partial charge on any atom is -0.493 e. The number of methoxy groups -OCH3 is 2. The molecule has 0 N–H and O–H groups in total. The number of rotatable bonds is 5. The predicted molar refractivity (Wildman–Crippen MR) is 114 cm³/mol. The molecule has 6 nitrogen and oxygen atoms in total. The van der Waals surface area contributed by atoms with Crippen LogP contribution in [-0.2, 0) is 20.7 Å². The number of carbonyl (C=O) groups excluding carboxylic acids is 2. The third-order valence-electron chi connectivity index (χ3n) is 5.21. The molecule has 3 rings (SSSR count). The van der Waals surface area contributed by atoms with Crippen LogP contribution in [0.1, 0.15) is 43.5 Å². The van der Waals surface area contributed by atoms with Gasteiger partial charge in [-0.2, -0.15) is 0 Å². The highest BCUT2D eigenvalue weighted by atomic mass is 35.5. The first-order valence-corrected chi connectivity index (χ1v) is 10.1. The van der Waals surface area contributed by atoms with E-state index in [0.29, 0.717) is 29.5 Å². The number of hydrogen-bond donors (Lipinski definition) is 0. The van der Waals surface area contributed by atoms with E-state index in [0.717, 1.165) is 16.7 Å². The van der Waals surface area contributed by atoms with Gasteiger partial charge in [0.1, 0.15) is 0 Å². The maximum absolute atomic E-state index is 13.5. The zero-order valence-corrected chi connectivity index (χ0v) is 18.6. The lowest BCUT2D eigenvalue weighted by molar-refractivity contribution is -0.169. The van der Waals surface area contributed by atoms with Crippen molar-refractivity contribution >= 4 is 23.5 Å². The van der Waals surface area contributed by atoms with E-state index in [-0.39, 0.29) is 5.91 Å². The van der Waals surface area contributed by atoms with Crippen molar-refractivity contribution in [2.75, 3.05) is 20.8 Å². The van der Waals surface area contributed by atoms with Crippen LogP contribution >= 0.6 is 11.6 Å². The molecule has 0 saturated heterocycles. The zero-order valence-electron chi connectivity index (χ0n) is 17.8. The quantitative estimate of drug-likeness (QED) is 0.664. The summed E-state index contributed by atoms with van der Waals surface area (Å²) < 4.78 is 16.3. The summed E-state index contributed by atoms with van der Waals surface area (Å²) in [5.74, 6) is 0.442. The van der Waals surface area contributed by atoms with E-state index in [2.05, 4.69) is 0 Å². The van der Waals surface area contributed by atoms with E-state index in [1.807, 2.05) is 30.3 Å². The van der Waals surface area contributed by atoms with Crippen molar-refractivity contribution in [2.24, 2.45) is 0 Å². The molecule has 0 saturated carbocycles. The van der Waals surface area contributed by atoms with Gasteiger partial charge in [0, 0.05) is 18.5 Å². The van der Waals surface area contributed by atoms with Gasteiger partial charge in [-0.1, -0.05) is 23.7 Å². The number of benzene rings is 2. The van der Waals surface area contributed by atoms with Crippen LogP contribution < -0.4 is 9.47 Å². The number of hydrogen-bond acceptors (Lipinski definition) is 5. The Balaban J connectivity index is 2.15. The lowest BCUT2D eigenvalue weighted by atomic mass is 9.86. The van der Waals surface area contributed by atoms with Gasteiger partial charge < -0.3 is 19.1 Å². The van der Waals surface area contributed by atoms with Crippen LogP contribution in [0.15, 0.2) is 36.4 Å². The van der Waals surface area contributed by atoms with E-state index in [1.54, 1.807) is 39.0 Å². The normalized spacial score (nSPS) is 15.9. The van der Waals surface area contributed by atoms with Crippen molar-refractivity contribution in [3.8, 4) is 11.5 Å². The molecule has 7 heteroatoms. The standard InChI is InChI=1S/C23H26ClNO5/c1-14(26)30-23(2,3)22(27)25-10-9-15-12-19(28-4)20(29-5)13-18(15)21(25)16-7-6-8-17(24)11-16/h6-8,11-13,21H,9-10H2,1-5H3/t21-/m1/s1. The van der Waals surface area contributed by atoms with Crippen LogP contribution in [0, 0.1) is 0 Å². The number of nitrogens with zero attached hydrogens (tertiary/aromatic N) is 1. The van der Waals surface area contributed by atoms with E-state index < -0.39 is 17.6 Å². The predicted octanol–water partition coefficient (Wildman–Crippen LogP) is 4.17. The summed E-state index contributed by atoms with van der Waals surface area (Å²) >= 11 is 6.27. The molecule has 0 aromatic heterocycles. The molecular weight excluding hydrogens is 406 g/mol. The molecule has 0 spiro atoms. The number of carbonyl (C=O) groups is 2. The van der Waals surface area contributed by atoms with Crippen LogP contribution in [0.3, 0.4) is 0 Å². The van der Waals surface area contributed by atoms with Gasteiger partial charge in [-0.05, 0) is 61.2 Å². The maximum atomic E-state index is 13.5. The highest BCUT2D eigenvalue weighted by Gasteiger charge is 2.41. The van der Waals surface area contributed by atoms with Gasteiger partial charge in [0.05, 0.1) is 20.3 Å². The van der Waals surface area contributed by atoms with Crippen molar-refractivity contribution in [1.82, 2.24) is 4.90 Å². The molecule has 1 amide bonds. The summed E-state index contributed by atoms with van der Waals surface area (Å²) in [5, 5.41) is 0.576. The molecule has 0 fully saturated rings. The first-order chi connectivity index (χ1) is 14.2. The van der Waals surface area contributed by atoms with Gasteiger partial charge in [-0.3, -0.25) is 9.59 Å². The second-order valence-corrected chi connectivity index (χ2v) is 8.15. The Morgan fingerprint density at radius 3 is 2.37 bits per heavy atom. The Hall–Kier alpha value is -2.73. The highest BCUT2D eigenvalue weighted by Crippen LogP contribution is 2.42. The molecule has 0 radical (unpaired) electrons. The first kappa shape index (κ1) is 22.0. The molecule has 2 aromatic carbocycles. The van der Waals surface area contributed by atoms with Crippen LogP contribution in [0.5, 0.6) is 11.5 Å². The van der Waals surface area contributed by atoms with E-state index in [4.69, 9.17) is 25.8 Å². The van der Waals surface area contributed by atoms with Crippen LogP contribution in [0.25, 0.3) is 0 Å². The summed E-state index contributed by atoms with van der Waals surface area (Å²) in [7, 11) is 3.17. The molecule has 0 bridgehead atoms. The molecule has 0 unspecified atom stereocenters. The largest absolute Gasteiger partial charge is 0.493 e. The van der Waals surface area contributed by atoms with Crippen LogP contribution in [-0.4, -0.2) is 43.1 Å². The van der Waals surface area contributed by atoms with Crippen molar-refractivity contribution in [3.63, 3.8) is 0 Å².